The molecule has 0 atom stereocenters. The van der Waals surface area contributed by atoms with Crippen molar-refractivity contribution in [3.63, 3.8) is 0 Å². The molecule has 17 heavy (non-hydrogen) atoms. The molecule has 0 saturated heterocycles. The van der Waals surface area contributed by atoms with Crippen LogP contribution in [0.1, 0.15) is 45.1 Å². The fourth-order valence-corrected chi connectivity index (χ4v) is 2.13. The van der Waals surface area contributed by atoms with Crippen LogP contribution in [0, 0.1) is 0 Å². The van der Waals surface area contributed by atoms with Crippen molar-refractivity contribution in [2.24, 2.45) is 0 Å². The first-order valence-electron chi connectivity index (χ1n) is 6.77. The van der Waals surface area contributed by atoms with Gasteiger partial charge in [0.05, 0.1) is 0 Å². The van der Waals surface area contributed by atoms with Crippen LogP contribution in [-0.2, 0) is 6.42 Å². The van der Waals surface area contributed by atoms with Gasteiger partial charge < -0.3 is 10.4 Å². The largest absolute Gasteiger partial charge is 0.508 e. The number of rotatable bonds is 8. The molecule has 2 N–H and O–H groups in total. The van der Waals surface area contributed by atoms with E-state index in [0.29, 0.717) is 11.8 Å². The van der Waals surface area contributed by atoms with E-state index >= 15 is 0 Å². The minimum absolute atomic E-state index is 0.344. The van der Waals surface area contributed by atoms with Crippen molar-refractivity contribution < 1.29 is 5.11 Å². The van der Waals surface area contributed by atoms with E-state index in [1.54, 1.807) is 12.1 Å². The van der Waals surface area contributed by atoms with Gasteiger partial charge in [-0.1, -0.05) is 38.8 Å². The second-order valence-corrected chi connectivity index (χ2v) is 4.64. The van der Waals surface area contributed by atoms with Gasteiger partial charge in [0.15, 0.2) is 0 Å². The van der Waals surface area contributed by atoms with Crippen molar-refractivity contribution in [3.05, 3.63) is 29.8 Å². The van der Waals surface area contributed by atoms with E-state index in [-0.39, 0.29) is 0 Å². The van der Waals surface area contributed by atoms with Gasteiger partial charge in [0.25, 0.3) is 0 Å². The third-order valence-electron chi connectivity index (χ3n) is 3.06. The molecule has 2 nitrogen and oxygen atoms in total. The lowest BCUT2D eigenvalue weighted by Crippen LogP contribution is -2.30. The lowest BCUT2D eigenvalue weighted by atomic mass is 10.1. The van der Waals surface area contributed by atoms with Gasteiger partial charge in [0.2, 0.25) is 0 Å². The summed E-state index contributed by atoms with van der Waals surface area (Å²) in [6, 6.07) is 8.16. The highest BCUT2D eigenvalue weighted by atomic mass is 16.3. The Balaban J connectivity index is 2.27. The number of phenolic OH excluding ortho intramolecular Hbond substituents is 1. The van der Waals surface area contributed by atoms with Crippen molar-refractivity contribution in [1.82, 2.24) is 5.32 Å². The number of nitrogens with one attached hydrogen (secondary N) is 1. The van der Waals surface area contributed by atoms with Crippen LogP contribution in [0.5, 0.6) is 5.75 Å². The molecule has 0 aliphatic heterocycles. The standard InChI is InChI=1S/C15H25NO/c1-3-5-14(6-4-2)16-12-11-13-7-9-15(17)10-8-13/h7-10,14,16-17H,3-6,11-12H2,1-2H3. The highest BCUT2D eigenvalue weighted by Gasteiger charge is 2.04. The maximum Gasteiger partial charge on any atom is 0.115 e. The average molecular weight is 235 g/mol. The highest BCUT2D eigenvalue weighted by Crippen LogP contribution is 2.10. The number of benzene rings is 1. The normalized spacial score (nSPS) is 11.0. The summed E-state index contributed by atoms with van der Waals surface area (Å²) in [4.78, 5) is 0. The Kier molecular flexibility index (Phi) is 6.71. The molecule has 0 aliphatic rings. The molecule has 0 aromatic heterocycles. The number of hydrogen-bond donors (Lipinski definition) is 2. The van der Waals surface area contributed by atoms with E-state index < -0.39 is 0 Å². The molecule has 0 bridgehead atoms. The molecular formula is C15H25NO. The maximum absolute atomic E-state index is 9.19. The SMILES string of the molecule is CCCC(CCC)NCCc1ccc(O)cc1. The quantitative estimate of drug-likeness (QED) is 0.723. The van der Waals surface area contributed by atoms with E-state index in [2.05, 4.69) is 19.2 Å². The summed E-state index contributed by atoms with van der Waals surface area (Å²) in [6.07, 6.45) is 6.06. The van der Waals surface area contributed by atoms with Crippen LogP contribution in [0.4, 0.5) is 0 Å². The summed E-state index contributed by atoms with van der Waals surface area (Å²) in [5.74, 6) is 0.344. The fraction of sp³-hybridized carbons (Fsp3) is 0.600. The summed E-state index contributed by atoms with van der Waals surface area (Å²) < 4.78 is 0. The Bertz CT molecular complexity index is 288. The van der Waals surface area contributed by atoms with E-state index in [9.17, 15) is 5.11 Å². The molecule has 1 aromatic rings. The minimum Gasteiger partial charge on any atom is -0.508 e. The van der Waals surface area contributed by atoms with Crippen LogP contribution in [0.25, 0.3) is 0 Å². The Morgan fingerprint density at radius 3 is 2.18 bits per heavy atom. The average Bonchev–Trinajstić information content (AvgIpc) is 2.32. The third kappa shape index (κ3) is 5.73. The molecule has 0 amide bonds. The lowest BCUT2D eigenvalue weighted by Gasteiger charge is -2.17. The van der Waals surface area contributed by atoms with Crippen LogP contribution in [0.3, 0.4) is 0 Å². The van der Waals surface area contributed by atoms with Gasteiger partial charge in [-0.25, -0.2) is 0 Å². The van der Waals surface area contributed by atoms with E-state index in [1.165, 1.54) is 31.2 Å². The Morgan fingerprint density at radius 1 is 1.06 bits per heavy atom. The zero-order chi connectivity index (χ0) is 12.5. The fourth-order valence-electron chi connectivity index (χ4n) is 2.13. The Morgan fingerprint density at radius 2 is 1.65 bits per heavy atom. The first kappa shape index (κ1) is 14.0. The van der Waals surface area contributed by atoms with Gasteiger partial charge in [-0.3, -0.25) is 0 Å². The van der Waals surface area contributed by atoms with Gasteiger partial charge in [0, 0.05) is 6.04 Å². The van der Waals surface area contributed by atoms with Gasteiger partial charge in [-0.05, 0) is 43.5 Å². The van der Waals surface area contributed by atoms with E-state index in [0.717, 1.165) is 13.0 Å². The third-order valence-corrected chi connectivity index (χ3v) is 3.06. The Hall–Kier alpha value is -1.02. The first-order valence-corrected chi connectivity index (χ1v) is 6.77. The predicted octanol–water partition coefficient (Wildman–Crippen LogP) is 3.49. The summed E-state index contributed by atoms with van der Waals surface area (Å²) in [5.41, 5.74) is 1.28. The molecule has 0 aliphatic carbocycles. The predicted molar refractivity (Wildman–Crippen MR) is 73.4 cm³/mol. The van der Waals surface area contributed by atoms with Gasteiger partial charge in [-0.2, -0.15) is 0 Å². The monoisotopic (exact) mass is 235 g/mol. The molecule has 0 saturated carbocycles. The minimum atomic E-state index is 0.344. The number of aromatic hydroxyl groups is 1. The van der Waals surface area contributed by atoms with Crippen LogP contribution >= 0.6 is 0 Å². The van der Waals surface area contributed by atoms with Crippen LogP contribution < -0.4 is 5.32 Å². The van der Waals surface area contributed by atoms with Gasteiger partial charge >= 0.3 is 0 Å². The number of hydrogen-bond acceptors (Lipinski definition) is 2. The van der Waals surface area contributed by atoms with Crippen LogP contribution in [-0.4, -0.2) is 17.7 Å². The van der Waals surface area contributed by atoms with Crippen molar-refractivity contribution >= 4 is 0 Å². The highest BCUT2D eigenvalue weighted by molar-refractivity contribution is 5.25. The summed E-state index contributed by atoms with van der Waals surface area (Å²) >= 11 is 0. The van der Waals surface area contributed by atoms with Crippen molar-refractivity contribution in [3.8, 4) is 5.75 Å². The van der Waals surface area contributed by atoms with E-state index in [1.807, 2.05) is 12.1 Å². The zero-order valence-electron chi connectivity index (χ0n) is 11.1. The van der Waals surface area contributed by atoms with Crippen molar-refractivity contribution in [2.45, 2.75) is 52.0 Å². The summed E-state index contributed by atoms with van der Waals surface area (Å²) in [5, 5.41) is 12.8. The van der Waals surface area contributed by atoms with Crippen molar-refractivity contribution in [1.29, 1.82) is 0 Å². The molecule has 2 heteroatoms. The first-order chi connectivity index (χ1) is 8.26. The molecule has 0 radical (unpaired) electrons. The number of phenols is 1. The van der Waals surface area contributed by atoms with Gasteiger partial charge in [-0.15, -0.1) is 0 Å². The molecule has 0 unspecified atom stereocenters. The van der Waals surface area contributed by atoms with Crippen LogP contribution in [0.2, 0.25) is 0 Å². The molecular weight excluding hydrogens is 210 g/mol. The topological polar surface area (TPSA) is 32.3 Å². The smallest absolute Gasteiger partial charge is 0.115 e. The summed E-state index contributed by atoms with van der Waals surface area (Å²) in [7, 11) is 0. The molecule has 1 aromatic carbocycles. The molecule has 96 valence electrons. The molecule has 1 rings (SSSR count). The second-order valence-electron chi connectivity index (χ2n) is 4.64. The molecule has 0 fully saturated rings. The lowest BCUT2D eigenvalue weighted by molar-refractivity contribution is 0.447. The summed E-state index contributed by atoms with van der Waals surface area (Å²) in [6.45, 7) is 5.50. The second kappa shape index (κ2) is 8.13. The molecule has 0 spiro atoms. The zero-order valence-corrected chi connectivity index (χ0v) is 11.1. The Labute approximate surface area is 105 Å². The molecule has 0 heterocycles. The van der Waals surface area contributed by atoms with E-state index in [4.69, 9.17) is 0 Å². The van der Waals surface area contributed by atoms with Crippen molar-refractivity contribution in [2.75, 3.05) is 6.54 Å². The van der Waals surface area contributed by atoms with Crippen LogP contribution in [0.15, 0.2) is 24.3 Å². The van der Waals surface area contributed by atoms with Gasteiger partial charge in [0.1, 0.15) is 5.75 Å². The maximum atomic E-state index is 9.19.